The highest BCUT2D eigenvalue weighted by Gasteiger charge is 2.73. The molecular formula is C19H24O6. The molecule has 0 amide bonds. The van der Waals surface area contributed by atoms with Crippen molar-refractivity contribution in [2.45, 2.75) is 52.4 Å². The molecule has 1 heterocycles. The fourth-order valence-corrected chi connectivity index (χ4v) is 6.40. The van der Waals surface area contributed by atoms with E-state index in [0.29, 0.717) is 5.57 Å². The van der Waals surface area contributed by atoms with Gasteiger partial charge >= 0.3 is 5.97 Å². The van der Waals surface area contributed by atoms with E-state index in [0.717, 1.165) is 0 Å². The van der Waals surface area contributed by atoms with Gasteiger partial charge in [0, 0.05) is 23.7 Å². The smallest absolute Gasteiger partial charge is 0.310 e. The molecule has 1 aliphatic heterocycles. The number of aliphatic hydroxyl groups is 2. The summed E-state index contributed by atoms with van der Waals surface area (Å²) < 4.78 is 5.40. The van der Waals surface area contributed by atoms with E-state index in [1.807, 2.05) is 13.8 Å². The van der Waals surface area contributed by atoms with Crippen LogP contribution in [0.2, 0.25) is 0 Å². The predicted molar refractivity (Wildman–Crippen MR) is 86.1 cm³/mol. The zero-order valence-electron chi connectivity index (χ0n) is 14.9. The van der Waals surface area contributed by atoms with Gasteiger partial charge in [0.05, 0.1) is 17.4 Å². The third-order valence-corrected chi connectivity index (χ3v) is 7.52. The number of carbonyl (C=O) groups excluding carboxylic acids is 3. The molecule has 2 N–H and O–H groups in total. The second kappa shape index (κ2) is 4.80. The lowest BCUT2D eigenvalue weighted by Crippen LogP contribution is -2.68. The monoisotopic (exact) mass is 348 g/mol. The van der Waals surface area contributed by atoms with Gasteiger partial charge in [0.15, 0.2) is 11.6 Å². The Labute approximate surface area is 146 Å². The fourth-order valence-electron chi connectivity index (χ4n) is 6.40. The SMILES string of the molecule is CC1CC(=O)[C@@H](O)[C@@]2(C)C1=CC(=O)[C@]1(C)[C@@H]2[C@@H](O)[C@@H]2OC(=O)[C@H]1[C@H]2C. The van der Waals surface area contributed by atoms with Crippen LogP contribution >= 0.6 is 0 Å². The summed E-state index contributed by atoms with van der Waals surface area (Å²) in [6, 6.07) is 0. The number of ether oxygens (including phenoxy) is 1. The van der Waals surface area contributed by atoms with Crippen molar-refractivity contribution in [2.75, 3.05) is 0 Å². The summed E-state index contributed by atoms with van der Waals surface area (Å²) in [6.45, 7) is 7.10. The van der Waals surface area contributed by atoms with Crippen molar-refractivity contribution in [2.24, 2.45) is 34.5 Å². The molecule has 0 aromatic carbocycles. The van der Waals surface area contributed by atoms with Crippen molar-refractivity contribution in [1.82, 2.24) is 0 Å². The Hall–Kier alpha value is -1.53. The quantitative estimate of drug-likeness (QED) is 0.623. The molecule has 2 bridgehead atoms. The molecule has 1 saturated heterocycles. The highest BCUT2D eigenvalue weighted by Crippen LogP contribution is 2.65. The van der Waals surface area contributed by atoms with E-state index < -0.39 is 46.9 Å². The molecule has 1 unspecified atom stereocenters. The molecule has 9 atom stereocenters. The number of rotatable bonds is 0. The lowest BCUT2D eigenvalue weighted by atomic mass is 9.42. The third-order valence-electron chi connectivity index (χ3n) is 7.52. The molecule has 6 nitrogen and oxygen atoms in total. The van der Waals surface area contributed by atoms with Crippen molar-refractivity contribution < 1.29 is 29.3 Å². The topological polar surface area (TPSA) is 101 Å². The van der Waals surface area contributed by atoms with Gasteiger partial charge in [-0.15, -0.1) is 0 Å². The maximum absolute atomic E-state index is 13.1. The first-order valence-corrected chi connectivity index (χ1v) is 8.92. The van der Waals surface area contributed by atoms with Gasteiger partial charge < -0.3 is 14.9 Å². The van der Waals surface area contributed by atoms with Gasteiger partial charge in [-0.05, 0) is 12.0 Å². The third kappa shape index (κ3) is 1.70. The van der Waals surface area contributed by atoms with E-state index in [2.05, 4.69) is 0 Å². The summed E-state index contributed by atoms with van der Waals surface area (Å²) in [5.41, 5.74) is -1.58. The van der Waals surface area contributed by atoms with Crippen LogP contribution in [0.3, 0.4) is 0 Å². The Balaban J connectivity index is 1.99. The molecule has 136 valence electrons. The first-order valence-electron chi connectivity index (χ1n) is 8.92. The maximum atomic E-state index is 13.1. The largest absolute Gasteiger partial charge is 0.459 e. The molecule has 3 aliphatic carbocycles. The van der Waals surface area contributed by atoms with E-state index in [4.69, 9.17) is 4.74 Å². The summed E-state index contributed by atoms with van der Waals surface area (Å²) in [5, 5.41) is 21.9. The van der Waals surface area contributed by atoms with Crippen molar-refractivity contribution >= 4 is 17.5 Å². The number of fused-ring (bicyclic) bond motifs is 6. The fraction of sp³-hybridized carbons (Fsp3) is 0.737. The van der Waals surface area contributed by atoms with E-state index in [1.54, 1.807) is 13.8 Å². The number of hydrogen-bond donors (Lipinski definition) is 2. The zero-order chi connectivity index (χ0) is 18.5. The number of ketones is 2. The number of carbonyl (C=O) groups is 3. The molecule has 4 aliphatic rings. The molecular weight excluding hydrogens is 324 g/mol. The number of hydrogen-bond acceptors (Lipinski definition) is 6. The van der Waals surface area contributed by atoms with Crippen LogP contribution < -0.4 is 0 Å². The van der Waals surface area contributed by atoms with Crippen molar-refractivity contribution in [1.29, 1.82) is 0 Å². The van der Waals surface area contributed by atoms with Crippen LogP contribution in [-0.2, 0) is 19.1 Å². The van der Waals surface area contributed by atoms with Gasteiger partial charge in [0.1, 0.15) is 12.2 Å². The average molecular weight is 348 g/mol. The van der Waals surface area contributed by atoms with Crippen LogP contribution in [0.25, 0.3) is 0 Å². The van der Waals surface area contributed by atoms with E-state index in [1.165, 1.54) is 6.08 Å². The van der Waals surface area contributed by atoms with Gasteiger partial charge in [0.25, 0.3) is 0 Å². The first-order chi connectivity index (χ1) is 11.6. The molecule has 0 spiro atoms. The van der Waals surface area contributed by atoms with Crippen LogP contribution in [0, 0.1) is 34.5 Å². The van der Waals surface area contributed by atoms with E-state index in [-0.39, 0.29) is 29.8 Å². The maximum Gasteiger partial charge on any atom is 0.310 e. The predicted octanol–water partition coefficient (Wildman–Crippen LogP) is 0.646. The number of Topliss-reactive ketones (excluding diaryl/α,β-unsaturated/α-hetero) is 1. The minimum Gasteiger partial charge on any atom is -0.459 e. The summed E-state index contributed by atoms with van der Waals surface area (Å²) in [6.07, 6.45) is -1.42. The standard InChI is InChI=1S/C19H24O6/c1-7-5-10(20)16(23)18(3)9(7)6-11(21)19(4)12-8(2)14(25-17(12)24)13(22)15(18)19/h6-8,12-16,22-23H,5H2,1-4H3/t7?,8-,12-,13+,14-,15-,16-,18+,19+/m1/s1. The molecule has 3 fully saturated rings. The van der Waals surface area contributed by atoms with Crippen molar-refractivity contribution in [3.05, 3.63) is 11.6 Å². The molecule has 4 rings (SSSR count). The highest BCUT2D eigenvalue weighted by molar-refractivity contribution is 6.02. The normalized spacial score (nSPS) is 54.6. The molecule has 0 aromatic heterocycles. The average Bonchev–Trinajstić information content (AvgIpc) is 2.78. The summed E-state index contributed by atoms with van der Waals surface area (Å²) in [4.78, 5) is 38.0. The Morgan fingerprint density at radius 2 is 1.76 bits per heavy atom. The van der Waals surface area contributed by atoms with Gasteiger partial charge in [0.2, 0.25) is 0 Å². The second-order valence-electron chi connectivity index (χ2n) is 8.71. The molecule has 6 heteroatoms. The second-order valence-corrected chi connectivity index (χ2v) is 8.71. The molecule has 25 heavy (non-hydrogen) atoms. The summed E-state index contributed by atoms with van der Waals surface area (Å²) >= 11 is 0. The lowest BCUT2D eigenvalue weighted by molar-refractivity contribution is -0.184. The Morgan fingerprint density at radius 3 is 2.40 bits per heavy atom. The molecule has 0 radical (unpaired) electrons. The summed E-state index contributed by atoms with van der Waals surface area (Å²) in [7, 11) is 0. The van der Waals surface area contributed by atoms with Crippen LogP contribution in [0.1, 0.15) is 34.1 Å². The Bertz CT molecular complexity index is 725. The molecule has 0 aromatic rings. The number of aliphatic hydroxyl groups excluding tert-OH is 2. The van der Waals surface area contributed by atoms with Crippen molar-refractivity contribution in [3.8, 4) is 0 Å². The zero-order valence-corrected chi connectivity index (χ0v) is 14.9. The Morgan fingerprint density at radius 1 is 1.12 bits per heavy atom. The van der Waals surface area contributed by atoms with E-state index in [9.17, 15) is 24.6 Å². The van der Waals surface area contributed by atoms with Gasteiger partial charge in [-0.1, -0.05) is 33.3 Å². The van der Waals surface area contributed by atoms with Crippen molar-refractivity contribution in [3.63, 3.8) is 0 Å². The Kier molecular flexibility index (Phi) is 3.24. The van der Waals surface area contributed by atoms with Crippen LogP contribution in [0.5, 0.6) is 0 Å². The number of allylic oxidation sites excluding steroid dienone is 1. The lowest BCUT2D eigenvalue weighted by Gasteiger charge is -2.60. The molecule has 2 saturated carbocycles. The summed E-state index contributed by atoms with van der Waals surface area (Å²) in [5.74, 6) is -2.87. The van der Waals surface area contributed by atoms with Crippen LogP contribution in [0.4, 0.5) is 0 Å². The minimum absolute atomic E-state index is 0.175. The minimum atomic E-state index is -1.30. The highest BCUT2D eigenvalue weighted by atomic mass is 16.6. The van der Waals surface area contributed by atoms with Gasteiger partial charge in [-0.25, -0.2) is 0 Å². The van der Waals surface area contributed by atoms with Crippen LogP contribution in [0.15, 0.2) is 11.6 Å². The van der Waals surface area contributed by atoms with E-state index >= 15 is 0 Å². The first kappa shape index (κ1) is 16.9. The van der Waals surface area contributed by atoms with Gasteiger partial charge in [-0.2, -0.15) is 0 Å². The van der Waals surface area contributed by atoms with Crippen LogP contribution in [-0.4, -0.2) is 46.1 Å². The van der Waals surface area contributed by atoms with Gasteiger partial charge in [-0.3, -0.25) is 14.4 Å². The number of esters is 1.